The summed E-state index contributed by atoms with van der Waals surface area (Å²) in [5.74, 6) is -0.790. The van der Waals surface area contributed by atoms with E-state index >= 15 is 0 Å². The van der Waals surface area contributed by atoms with Gasteiger partial charge in [0.05, 0.1) is 16.3 Å². The van der Waals surface area contributed by atoms with E-state index in [1.54, 1.807) is 24.6 Å². The van der Waals surface area contributed by atoms with E-state index in [0.717, 1.165) is 11.4 Å². The number of aromatic hydroxyl groups is 1. The summed E-state index contributed by atoms with van der Waals surface area (Å²) < 4.78 is 28.4. The molecule has 2 aromatic carbocycles. The lowest BCUT2D eigenvalue weighted by Crippen LogP contribution is -2.30. The van der Waals surface area contributed by atoms with Gasteiger partial charge in [-0.2, -0.15) is 9.40 Å². The van der Waals surface area contributed by atoms with Crippen LogP contribution in [0.1, 0.15) is 30.0 Å². The van der Waals surface area contributed by atoms with E-state index in [0.29, 0.717) is 13.1 Å². The van der Waals surface area contributed by atoms with E-state index < -0.39 is 15.9 Å². The Morgan fingerprint density at radius 1 is 1.10 bits per heavy atom. The standard InChI is InChI=1S/C21H24N4O4S/c1-4-24(5-2)30(28,29)17-11-12-20(26)18(14-17)22-21(27)19-13-15(3)25(23-19)16-9-7-6-8-10-16/h6-14,26H,4-5H2,1-3H3,(H,22,27). The maximum absolute atomic E-state index is 12.7. The summed E-state index contributed by atoms with van der Waals surface area (Å²) in [6, 6.07) is 14.8. The van der Waals surface area contributed by atoms with Crippen molar-refractivity contribution in [1.29, 1.82) is 0 Å². The number of aromatic nitrogens is 2. The Hall–Kier alpha value is -3.17. The summed E-state index contributed by atoms with van der Waals surface area (Å²) in [7, 11) is -3.73. The van der Waals surface area contributed by atoms with Crippen molar-refractivity contribution >= 4 is 21.6 Å². The average molecular weight is 429 g/mol. The molecule has 0 fully saturated rings. The Kier molecular flexibility index (Phi) is 6.23. The minimum atomic E-state index is -3.73. The van der Waals surface area contributed by atoms with Crippen LogP contribution in [0.25, 0.3) is 5.69 Å². The Morgan fingerprint density at radius 2 is 1.77 bits per heavy atom. The van der Waals surface area contributed by atoms with Gasteiger partial charge in [-0.1, -0.05) is 32.0 Å². The fourth-order valence-corrected chi connectivity index (χ4v) is 4.58. The van der Waals surface area contributed by atoms with Crippen LogP contribution in [0.15, 0.2) is 59.5 Å². The summed E-state index contributed by atoms with van der Waals surface area (Å²) >= 11 is 0. The second kappa shape index (κ2) is 8.68. The number of amides is 1. The molecule has 3 aromatic rings. The zero-order valence-electron chi connectivity index (χ0n) is 17.0. The van der Waals surface area contributed by atoms with Crippen LogP contribution in [0.3, 0.4) is 0 Å². The number of hydrogen-bond acceptors (Lipinski definition) is 5. The van der Waals surface area contributed by atoms with Gasteiger partial charge in [0.1, 0.15) is 5.75 Å². The predicted molar refractivity (Wildman–Crippen MR) is 114 cm³/mol. The minimum absolute atomic E-state index is 0.000135. The molecule has 30 heavy (non-hydrogen) atoms. The third kappa shape index (κ3) is 4.22. The van der Waals surface area contributed by atoms with Gasteiger partial charge in [0, 0.05) is 18.8 Å². The first-order valence-corrected chi connectivity index (χ1v) is 11.0. The van der Waals surface area contributed by atoms with Crippen molar-refractivity contribution in [2.45, 2.75) is 25.7 Å². The highest BCUT2D eigenvalue weighted by Crippen LogP contribution is 2.28. The fourth-order valence-electron chi connectivity index (χ4n) is 3.09. The van der Waals surface area contributed by atoms with Crippen LogP contribution in [0.5, 0.6) is 5.75 Å². The predicted octanol–water partition coefficient (Wildman–Crippen LogP) is 3.17. The van der Waals surface area contributed by atoms with Gasteiger partial charge in [0.25, 0.3) is 5.91 Å². The molecule has 0 spiro atoms. The molecule has 1 heterocycles. The molecule has 3 rings (SSSR count). The van der Waals surface area contributed by atoms with Gasteiger partial charge in [-0.05, 0) is 43.3 Å². The molecular weight excluding hydrogens is 404 g/mol. The molecule has 0 saturated heterocycles. The highest BCUT2D eigenvalue weighted by atomic mass is 32.2. The third-order valence-corrected chi connectivity index (χ3v) is 6.73. The number of benzene rings is 2. The lowest BCUT2D eigenvalue weighted by molar-refractivity contribution is 0.102. The van der Waals surface area contributed by atoms with Gasteiger partial charge in [-0.15, -0.1) is 0 Å². The molecule has 1 aromatic heterocycles. The highest BCUT2D eigenvalue weighted by molar-refractivity contribution is 7.89. The maximum Gasteiger partial charge on any atom is 0.276 e. The van der Waals surface area contributed by atoms with Crippen LogP contribution in [0.2, 0.25) is 0 Å². The quantitative estimate of drug-likeness (QED) is 0.563. The Labute approximate surface area is 175 Å². The number of phenols is 1. The number of phenolic OH excluding ortho intramolecular Hbond substituents is 1. The number of anilines is 1. The molecule has 1 amide bonds. The van der Waals surface area contributed by atoms with E-state index in [-0.39, 0.29) is 22.0 Å². The first-order valence-electron chi connectivity index (χ1n) is 9.54. The zero-order chi connectivity index (χ0) is 21.9. The zero-order valence-corrected chi connectivity index (χ0v) is 17.8. The number of carbonyl (C=O) groups is 1. The molecule has 0 aliphatic rings. The molecule has 0 unspecified atom stereocenters. The van der Waals surface area contributed by atoms with Crippen molar-refractivity contribution in [1.82, 2.24) is 14.1 Å². The van der Waals surface area contributed by atoms with E-state index in [1.165, 1.54) is 22.5 Å². The van der Waals surface area contributed by atoms with Crippen LogP contribution in [0.4, 0.5) is 5.69 Å². The summed E-state index contributed by atoms with van der Waals surface area (Å²) in [5, 5.41) is 17.0. The van der Waals surface area contributed by atoms with Crippen molar-refractivity contribution in [2.24, 2.45) is 0 Å². The normalized spacial score (nSPS) is 11.6. The Morgan fingerprint density at radius 3 is 2.40 bits per heavy atom. The van der Waals surface area contributed by atoms with Crippen LogP contribution in [-0.2, 0) is 10.0 Å². The topological polar surface area (TPSA) is 105 Å². The van der Waals surface area contributed by atoms with E-state index in [4.69, 9.17) is 0 Å². The molecular formula is C21H24N4O4S. The molecule has 0 saturated carbocycles. The van der Waals surface area contributed by atoms with Gasteiger partial charge < -0.3 is 10.4 Å². The first-order chi connectivity index (χ1) is 14.3. The number of aryl methyl sites for hydroxylation is 1. The second-order valence-electron chi connectivity index (χ2n) is 6.64. The van der Waals surface area contributed by atoms with Crippen LogP contribution in [0, 0.1) is 6.92 Å². The van der Waals surface area contributed by atoms with Gasteiger partial charge in [0.15, 0.2) is 5.69 Å². The number of para-hydroxylation sites is 1. The average Bonchev–Trinajstić information content (AvgIpc) is 3.12. The van der Waals surface area contributed by atoms with E-state index in [1.807, 2.05) is 37.3 Å². The molecule has 8 nitrogen and oxygen atoms in total. The second-order valence-corrected chi connectivity index (χ2v) is 8.58. The van der Waals surface area contributed by atoms with E-state index in [2.05, 4.69) is 10.4 Å². The van der Waals surface area contributed by atoms with Gasteiger partial charge in [0.2, 0.25) is 10.0 Å². The number of carbonyl (C=O) groups excluding carboxylic acids is 1. The molecule has 0 atom stereocenters. The number of rotatable bonds is 7. The number of nitrogens with zero attached hydrogens (tertiary/aromatic N) is 3. The molecule has 158 valence electrons. The highest BCUT2D eigenvalue weighted by Gasteiger charge is 2.23. The molecule has 0 bridgehead atoms. The monoisotopic (exact) mass is 428 g/mol. The molecule has 0 radical (unpaired) electrons. The lowest BCUT2D eigenvalue weighted by atomic mass is 10.2. The van der Waals surface area contributed by atoms with Crippen molar-refractivity contribution < 1.29 is 18.3 Å². The van der Waals surface area contributed by atoms with Crippen molar-refractivity contribution in [3.63, 3.8) is 0 Å². The van der Waals surface area contributed by atoms with E-state index in [9.17, 15) is 18.3 Å². The minimum Gasteiger partial charge on any atom is -0.506 e. The molecule has 0 aliphatic carbocycles. The largest absolute Gasteiger partial charge is 0.506 e. The number of sulfonamides is 1. The van der Waals surface area contributed by atoms with Gasteiger partial charge in [-0.3, -0.25) is 4.79 Å². The van der Waals surface area contributed by atoms with Crippen LogP contribution < -0.4 is 5.32 Å². The smallest absolute Gasteiger partial charge is 0.276 e. The third-order valence-electron chi connectivity index (χ3n) is 4.68. The Balaban J connectivity index is 1.89. The fraction of sp³-hybridized carbons (Fsp3) is 0.238. The van der Waals surface area contributed by atoms with Gasteiger partial charge >= 0.3 is 0 Å². The molecule has 0 aliphatic heterocycles. The van der Waals surface area contributed by atoms with Crippen LogP contribution in [-0.4, -0.2) is 46.6 Å². The molecule has 9 heteroatoms. The Bertz CT molecular complexity index is 1150. The van der Waals surface area contributed by atoms with Gasteiger partial charge in [-0.25, -0.2) is 13.1 Å². The summed E-state index contributed by atoms with van der Waals surface area (Å²) in [6.45, 7) is 5.95. The summed E-state index contributed by atoms with van der Waals surface area (Å²) in [6.07, 6.45) is 0. The maximum atomic E-state index is 12.7. The molecule has 2 N–H and O–H groups in total. The van der Waals surface area contributed by atoms with Crippen molar-refractivity contribution in [3.8, 4) is 11.4 Å². The van der Waals surface area contributed by atoms with Crippen LogP contribution >= 0.6 is 0 Å². The summed E-state index contributed by atoms with van der Waals surface area (Å²) in [5.41, 5.74) is 1.71. The SMILES string of the molecule is CCN(CC)S(=O)(=O)c1ccc(O)c(NC(=O)c2cc(C)n(-c3ccccc3)n2)c1. The lowest BCUT2D eigenvalue weighted by Gasteiger charge is -2.19. The number of nitrogens with one attached hydrogen (secondary N) is 1. The first kappa shape index (κ1) is 21.5. The van der Waals surface area contributed by atoms with Crippen molar-refractivity contribution in [2.75, 3.05) is 18.4 Å². The summed E-state index contributed by atoms with van der Waals surface area (Å²) in [4.78, 5) is 12.7. The number of hydrogen-bond donors (Lipinski definition) is 2. The van der Waals surface area contributed by atoms with Crippen molar-refractivity contribution in [3.05, 3.63) is 66.0 Å².